The molecule has 1 aliphatic rings. The molecule has 1 fully saturated rings. The van der Waals surface area contributed by atoms with Crippen molar-refractivity contribution >= 4 is 50.1 Å². The second kappa shape index (κ2) is 11.1. The van der Waals surface area contributed by atoms with E-state index < -0.39 is 15.9 Å². The molecule has 0 radical (unpaired) electrons. The molecule has 2 N–H and O–H groups in total. The maximum absolute atomic E-state index is 12.7. The van der Waals surface area contributed by atoms with E-state index in [0.717, 1.165) is 11.3 Å². The van der Waals surface area contributed by atoms with Crippen molar-refractivity contribution in [1.82, 2.24) is 19.8 Å². The van der Waals surface area contributed by atoms with Crippen LogP contribution in [0.3, 0.4) is 0 Å². The zero-order valence-corrected chi connectivity index (χ0v) is 20.2. The largest absolute Gasteiger partial charge is 0.467 e. The third-order valence-electron chi connectivity index (χ3n) is 4.72. The Bertz CT molecular complexity index is 1220. The minimum Gasteiger partial charge on any atom is -0.467 e. The third-order valence-corrected chi connectivity index (χ3v) is 8.60. The second-order valence-corrected chi connectivity index (χ2v) is 11.2. The number of benzene rings is 1. The fourth-order valence-electron chi connectivity index (χ4n) is 2.98. The molecule has 11 nitrogen and oxygen atoms in total. The number of carbonyl (C=O) groups is 2. The van der Waals surface area contributed by atoms with Gasteiger partial charge in [-0.2, -0.15) is 4.31 Å². The number of hydrogen-bond donors (Lipinski definition) is 2. The molecule has 1 saturated heterocycles. The number of carbonyl (C=O) groups excluding carboxylic acids is 2. The fourth-order valence-corrected chi connectivity index (χ4v) is 5.96. The number of amides is 2. The van der Waals surface area contributed by atoms with Crippen molar-refractivity contribution in [2.24, 2.45) is 0 Å². The van der Waals surface area contributed by atoms with Gasteiger partial charge in [-0.05, 0) is 36.4 Å². The number of morpholine rings is 1. The third kappa shape index (κ3) is 6.21. The molecule has 0 bridgehead atoms. The summed E-state index contributed by atoms with van der Waals surface area (Å²) in [5.41, 5.74) is 0.280. The summed E-state index contributed by atoms with van der Waals surface area (Å²) in [7, 11) is -3.63. The Morgan fingerprint density at radius 2 is 1.88 bits per heavy atom. The predicted octanol–water partition coefficient (Wildman–Crippen LogP) is 1.81. The highest BCUT2D eigenvalue weighted by atomic mass is 32.2. The van der Waals surface area contributed by atoms with E-state index in [-0.39, 0.29) is 27.3 Å². The van der Waals surface area contributed by atoms with Gasteiger partial charge in [-0.1, -0.05) is 23.1 Å². The molecule has 3 heterocycles. The van der Waals surface area contributed by atoms with Crippen molar-refractivity contribution < 1.29 is 27.2 Å². The Morgan fingerprint density at radius 1 is 1.12 bits per heavy atom. The highest BCUT2D eigenvalue weighted by Crippen LogP contribution is 2.26. The summed E-state index contributed by atoms with van der Waals surface area (Å²) in [6.45, 7) is 1.62. The monoisotopic (exact) mass is 523 g/mol. The lowest BCUT2D eigenvalue weighted by Gasteiger charge is -2.26. The van der Waals surface area contributed by atoms with Crippen LogP contribution in [0.1, 0.15) is 16.1 Å². The predicted molar refractivity (Wildman–Crippen MR) is 125 cm³/mol. The standard InChI is InChI=1S/C20H21N5O6S3/c26-17(21-12-15-2-1-9-31-15)13-32-20-24-23-19(33-20)22-18(27)14-3-5-16(6-4-14)34(28,29)25-7-10-30-11-8-25/h1-6,9H,7-8,10-13H2,(H,21,26)(H,22,23,27). The van der Waals surface area contributed by atoms with Crippen LogP contribution in [0.5, 0.6) is 0 Å². The number of nitrogens with one attached hydrogen (secondary N) is 2. The Hall–Kier alpha value is -2.78. The van der Waals surface area contributed by atoms with E-state index >= 15 is 0 Å². The van der Waals surface area contributed by atoms with Gasteiger partial charge in [0.25, 0.3) is 5.91 Å². The number of aromatic nitrogens is 2. The van der Waals surface area contributed by atoms with E-state index in [4.69, 9.17) is 9.15 Å². The van der Waals surface area contributed by atoms with Gasteiger partial charge in [0.05, 0.1) is 36.7 Å². The zero-order chi connectivity index (χ0) is 24.0. The van der Waals surface area contributed by atoms with Crippen molar-refractivity contribution in [3.8, 4) is 0 Å². The summed E-state index contributed by atoms with van der Waals surface area (Å²) < 4.78 is 37.6. The quantitative estimate of drug-likeness (QED) is 0.317. The first-order valence-corrected chi connectivity index (χ1v) is 13.4. The van der Waals surface area contributed by atoms with Crippen molar-refractivity contribution in [2.45, 2.75) is 15.8 Å². The molecule has 0 aliphatic carbocycles. The van der Waals surface area contributed by atoms with Crippen molar-refractivity contribution in [1.29, 1.82) is 0 Å². The van der Waals surface area contributed by atoms with Crippen LogP contribution in [0.2, 0.25) is 0 Å². The molecule has 1 aliphatic heterocycles. The number of thioether (sulfide) groups is 1. The topological polar surface area (TPSA) is 144 Å². The van der Waals surface area contributed by atoms with Crippen LogP contribution in [0.4, 0.5) is 5.13 Å². The van der Waals surface area contributed by atoms with Gasteiger partial charge in [-0.25, -0.2) is 8.42 Å². The number of ether oxygens (including phenoxy) is 1. The van der Waals surface area contributed by atoms with Gasteiger partial charge in [0.2, 0.25) is 21.1 Å². The van der Waals surface area contributed by atoms with Gasteiger partial charge in [0, 0.05) is 18.7 Å². The molecule has 3 aromatic rings. The average Bonchev–Trinajstić information content (AvgIpc) is 3.54. The van der Waals surface area contributed by atoms with E-state index in [2.05, 4.69) is 20.8 Å². The molecule has 14 heteroatoms. The Morgan fingerprint density at radius 3 is 2.59 bits per heavy atom. The van der Waals surface area contributed by atoms with Crippen LogP contribution in [0.25, 0.3) is 0 Å². The highest BCUT2D eigenvalue weighted by Gasteiger charge is 2.26. The molecule has 0 saturated carbocycles. The lowest BCUT2D eigenvalue weighted by Crippen LogP contribution is -2.40. The zero-order valence-electron chi connectivity index (χ0n) is 17.8. The normalized spacial score (nSPS) is 14.6. The summed E-state index contributed by atoms with van der Waals surface area (Å²) in [5.74, 6) is 0.169. The number of rotatable bonds is 9. The summed E-state index contributed by atoms with van der Waals surface area (Å²) in [4.78, 5) is 24.6. The van der Waals surface area contributed by atoms with E-state index in [1.54, 1.807) is 12.1 Å². The van der Waals surface area contributed by atoms with Gasteiger partial charge < -0.3 is 14.5 Å². The molecule has 0 spiro atoms. The molecular formula is C20H21N5O6S3. The molecule has 0 unspecified atom stereocenters. The first-order valence-electron chi connectivity index (χ1n) is 10.2. The first kappa shape index (κ1) is 24.3. The molecule has 4 rings (SSSR count). The smallest absolute Gasteiger partial charge is 0.257 e. The van der Waals surface area contributed by atoms with E-state index in [1.165, 1.54) is 46.6 Å². The maximum atomic E-state index is 12.7. The molecule has 2 aromatic heterocycles. The minimum absolute atomic E-state index is 0.117. The molecule has 1 aromatic carbocycles. The van der Waals surface area contributed by atoms with Crippen molar-refractivity contribution in [3.05, 3.63) is 54.0 Å². The summed E-state index contributed by atoms with van der Waals surface area (Å²) in [6, 6.07) is 9.22. The van der Waals surface area contributed by atoms with Gasteiger partial charge in [0.1, 0.15) is 5.76 Å². The van der Waals surface area contributed by atoms with Crippen LogP contribution in [-0.2, 0) is 26.1 Å². The number of anilines is 1. The molecule has 34 heavy (non-hydrogen) atoms. The number of sulfonamides is 1. The molecule has 2 amide bonds. The molecule has 0 atom stereocenters. The Balaban J connectivity index is 1.28. The van der Waals surface area contributed by atoms with E-state index in [9.17, 15) is 18.0 Å². The van der Waals surface area contributed by atoms with Gasteiger partial charge in [-0.3, -0.25) is 14.9 Å². The van der Waals surface area contributed by atoms with E-state index in [0.29, 0.717) is 42.9 Å². The minimum atomic E-state index is -3.63. The number of hydrogen-bond acceptors (Lipinski definition) is 10. The van der Waals surface area contributed by atoms with Crippen LogP contribution in [0.15, 0.2) is 56.3 Å². The summed E-state index contributed by atoms with van der Waals surface area (Å²) in [6.07, 6.45) is 1.54. The lowest BCUT2D eigenvalue weighted by atomic mass is 10.2. The van der Waals surface area contributed by atoms with Gasteiger partial charge in [0.15, 0.2) is 4.34 Å². The van der Waals surface area contributed by atoms with Gasteiger partial charge >= 0.3 is 0 Å². The first-order chi connectivity index (χ1) is 16.4. The molecular weight excluding hydrogens is 502 g/mol. The average molecular weight is 524 g/mol. The van der Waals surface area contributed by atoms with Crippen LogP contribution in [-0.4, -0.2) is 66.8 Å². The highest BCUT2D eigenvalue weighted by molar-refractivity contribution is 8.01. The van der Waals surface area contributed by atoms with Crippen molar-refractivity contribution in [3.63, 3.8) is 0 Å². The SMILES string of the molecule is O=C(CSc1nnc(NC(=O)c2ccc(S(=O)(=O)N3CCOCC3)cc2)s1)NCc1ccco1. The summed E-state index contributed by atoms with van der Waals surface area (Å²) in [5, 5.41) is 13.5. The lowest BCUT2D eigenvalue weighted by molar-refractivity contribution is -0.118. The fraction of sp³-hybridized carbons (Fsp3) is 0.300. The second-order valence-electron chi connectivity index (χ2n) is 7.01. The number of furan rings is 1. The van der Waals surface area contributed by atoms with Crippen LogP contribution >= 0.6 is 23.1 Å². The van der Waals surface area contributed by atoms with Crippen molar-refractivity contribution in [2.75, 3.05) is 37.4 Å². The maximum Gasteiger partial charge on any atom is 0.257 e. The van der Waals surface area contributed by atoms with Gasteiger partial charge in [-0.15, -0.1) is 10.2 Å². The van der Waals surface area contributed by atoms with Crippen LogP contribution in [0, 0.1) is 0 Å². The Labute approximate surface area is 203 Å². The summed E-state index contributed by atoms with van der Waals surface area (Å²) >= 11 is 2.33. The van der Waals surface area contributed by atoms with Crippen LogP contribution < -0.4 is 10.6 Å². The number of nitrogens with zero attached hydrogens (tertiary/aromatic N) is 3. The van der Waals surface area contributed by atoms with E-state index in [1.807, 2.05) is 0 Å². The molecule has 180 valence electrons. The Kier molecular flexibility index (Phi) is 7.95.